The zero-order chi connectivity index (χ0) is 20.6. The normalized spacial score (nSPS) is 23.7. The van der Waals surface area contributed by atoms with Crippen molar-refractivity contribution in [2.24, 2.45) is 22.1 Å². The number of carbonyl (C=O) groups is 1. The van der Waals surface area contributed by atoms with Crippen molar-refractivity contribution in [1.82, 2.24) is 9.38 Å². The van der Waals surface area contributed by atoms with Gasteiger partial charge < -0.3 is 14.9 Å². The van der Waals surface area contributed by atoms with Crippen LogP contribution in [-0.2, 0) is 9.53 Å². The Hall–Kier alpha value is -2.82. The Kier molecular flexibility index (Phi) is 5.07. The molecule has 2 N–H and O–H groups in total. The average molecular weight is 391 g/mol. The van der Waals surface area contributed by atoms with Crippen LogP contribution >= 0.6 is 0 Å². The number of fused-ring (bicyclic) bond motifs is 2. The molecule has 2 aliphatic rings. The molecule has 0 saturated heterocycles. The molecule has 0 radical (unpaired) electrons. The van der Waals surface area contributed by atoms with Gasteiger partial charge in [-0.15, -0.1) is 0 Å². The lowest BCUT2D eigenvalue weighted by Gasteiger charge is -2.40. The van der Waals surface area contributed by atoms with Crippen LogP contribution in [0.2, 0.25) is 0 Å². The fraction of sp³-hybridized carbons (Fsp3) is 0.455. The minimum Gasteiger partial charge on any atom is -0.374 e. The quantitative estimate of drug-likeness (QED) is 0.789. The number of rotatable bonds is 5. The highest BCUT2D eigenvalue weighted by molar-refractivity contribution is 6.10. The van der Waals surface area contributed by atoms with Crippen molar-refractivity contribution >= 4 is 17.1 Å². The summed E-state index contributed by atoms with van der Waals surface area (Å²) in [5, 5.41) is 10.0. The molecule has 0 aromatic carbocycles. The first-order valence-corrected chi connectivity index (χ1v) is 9.87. The number of pyridine rings is 1. The Balaban J connectivity index is 1.84. The molecule has 2 unspecified atom stereocenters. The van der Waals surface area contributed by atoms with Crippen molar-refractivity contribution in [2.45, 2.75) is 32.6 Å². The average Bonchev–Trinajstić information content (AvgIpc) is 3.14. The summed E-state index contributed by atoms with van der Waals surface area (Å²) in [5.41, 5.74) is 9.04. The topological polar surface area (TPSA) is 106 Å². The number of hydrogen-bond donors (Lipinski definition) is 1. The standard InChI is InChI=1S/C22H25N5O2/c1-22(2)10-16-21(18(28)11-22)20(14-3-6-27-7-5-25-19(27)9-14)15(12-24)17(26-16)13-29-8-4-23/h3,5-7,9,20-21H,4,8,10-11,13,23H2,1-2H3. The fourth-order valence-corrected chi connectivity index (χ4v) is 4.47. The highest BCUT2D eigenvalue weighted by Crippen LogP contribution is 2.46. The second kappa shape index (κ2) is 7.54. The molecule has 1 aliphatic heterocycles. The van der Waals surface area contributed by atoms with E-state index in [9.17, 15) is 10.1 Å². The number of imidazole rings is 1. The Morgan fingerprint density at radius 1 is 1.34 bits per heavy atom. The van der Waals surface area contributed by atoms with Crippen LogP contribution in [0.4, 0.5) is 0 Å². The highest BCUT2D eigenvalue weighted by Gasteiger charge is 2.46. The molecule has 2 aromatic heterocycles. The Morgan fingerprint density at radius 2 is 2.17 bits per heavy atom. The summed E-state index contributed by atoms with van der Waals surface area (Å²) < 4.78 is 7.52. The van der Waals surface area contributed by atoms with Gasteiger partial charge in [0.15, 0.2) is 0 Å². The number of aromatic nitrogens is 2. The smallest absolute Gasteiger partial charge is 0.143 e. The SMILES string of the molecule is CC1(C)CC(=O)C2C(=NC(COCCN)=C(C#N)C2c2ccn3ccnc3c2)C1. The van der Waals surface area contributed by atoms with Crippen LogP contribution in [0.25, 0.3) is 5.65 Å². The summed E-state index contributed by atoms with van der Waals surface area (Å²) >= 11 is 0. The highest BCUT2D eigenvalue weighted by atomic mass is 16.5. The first-order valence-electron chi connectivity index (χ1n) is 9.87. The lowest BCUT2D eigenvalue weighted by atomic mass is 9.63. The monoisotopic (exact) mass is 391 g/mol. The van der Waals surface area contributed by atoms with Crippen molar-refractivity contribution in [1.29, 1.82) is 5.26 Å². The van der Waals surface area contributed by atoms with Gasteiger partial charge in [0.25, 0.3) is 0 Å². The summed E-state index contributed by atoms with van der Waals surface area (Å²) in [4.78, 5) is 22.3. The lowest BCUT2D eigenvalue weighted by molar-refractivity contribution is -0.124. The van der Waals surface area contributed by atoms with Gasteiger partial charge >= 0.3 is 0 Å². The van der Waals surface area contributed by atoms with E-state index in [1.165, 1.54) is 0 Å². The largest absolute Gasteiger partial charge is 0.374 e. The zero-order valence-corrected chi connectivity index (χ0v) is 16.8. The summed E-state index contributed by atoms with van der Waals surface area (Å²) in [5.74, 6) is -0.634. The third-order valence-electron chi connectivity index (χ3n) is 5.65. The number of nitriles is 1. The minimum atomic E-state index is -0.409. The maximum Gasteiger partial charge on any atom is 0.143 e. The van der Waals surface area contributed by atoms with Gasteiger partial charge in [0.1, 0.15) is 11.4 Å². The molecule has 1 fully saturated rings. The predicted octanol–water partition coefficient (Wildman–Crippen LogP) is 2.63. The third kappa shape index (κ3) is 3.61. The minimum absolute atomic E-state index is 0.141. The van der Waals surface area contributed by atoms with E-state index < -0.39 is 5.92 Å². The van der Waals surface area contributed by atoms with Gasteiger partial charge in [-0.1, -0.05) is 13.8 Å². The van der Waals surface area contributed by atoms with Gasteiger partial charge in [-0.2, -0.15) is 5.26 Å². The van der Waals surface area contributed by atoms with E-state index in [0.717, 1.165) is 23.3 Å². The second-order valence-corrected chi connectivity index (χ2v) is 8.51. The third-order valence-corrected chi connectivity index (χ3v) is 5.65. The fourth-order valence-electron chi connectivity index (χ4n) is 4.47. The van der Waals surface area contributed by atoms with E-state index >= 15 is 0 Å². The molecule has 2 atom stereocenters. The number of hydrogen-bond acceptors (Lipinski definition) is 6. The molecule has 0 amide bonds. The van der Waals surface area contributed by atoms with Crippen LogP contribution in [0, 0.1) is 22.7 Å². The van der Waals surface area contributed by atoms with E-state index in [1.54, 1.807) is 6.20 Å². The number of nitrogens with two attached hydrogens (primary N) is 1. The van der Waals surface area contributed by atoms with E-state index in [1.807, 2.05) is 28.9 Å². The van der Waals surface area contributed by atoms with Gasteiger partial charge in [0.2, 0.25) is 0 Å². The molecule has 29 heavy (non-hydrogen) atoms. The van der Waals surface area contributed by atoms with E-state index in [2.05, 4.69) is 24.9 Å². The van der Waals surface area contributed by atoms with Gasteiger partial charge in [-0.3, -0.25) is 9.79 Å². The Labute approximate surface area is 169 Å². The van der Waals surface area contributed by atoms with Gasteiger partial charge in [0.05, 0.1) is 36.5 Å². The van der Waals surface area contributed by atoms with Crippen LogP contribution in [0.5, 0.6) is 0 Å². The van der Waals surface area contributed by atoms with E-state index in [4.69, 9.17) is 15.5 Å². The summed E-state index contributed by atoms with van der Waals surface area (Å²) in [6.07, 6.45) is 6.73. The Bertz CT molecular complexity index is 1060. The van der Waals surface area contributed by atoms with Crippen LogP contribution < -0.4 is 5.73 Å². The summed E-state index contributed by atoms with van der Waals surface area (Å²) in [6.45, 7) is 5.19. The van der Waals surface area contributed by atoms with Crippen LogP contribution in [0.15, 0.2) is 47.0 Å². The zero-order valence-electron chi connectivity index (χ0n) is 16.8. The molecule has 1 saturated carbocycles. The number of nitrogens with zero attached hydrogens (tertiary/aromatic N) is 4. The van der Waals surface area contributed by atoms with Gasteiger partial charge in [0, 0.05) is 43.2 Å². The first kappa shape index (κ1) is 19.5. The lowest BCUT2D eigenvalue weighted by Crippen LogP contribution is -2.43. The molecule has 1 aliphatic carbocycles. The molecule has 0 bridgehead atoms. The molecule has 2 aromatic rings. The molecule has 3 heterocycles. The van der Waals surface area contributed by atoms with Crippen LogP contribution in [-0.4, -0.2) is 40.6 Å². The van der Waals surface area contributed by atoms with E-state index in [0.29, 0.717) is 30.8 Å². The number of ketones is 1. The number of carbonyl (C=O) groups excluding carboxylic acids is 1. The van der Waals surface area contributed by atoms with Gasteiger partial charge in [-0.25, -0.2) is 4.98 Å². The summed E-state index contributed by atoms with van der Waals surface area (Å²) in [7, 11) is 0. The molecule has 4 rings (SSSR count). The van der Waals surface area contributed by atoms with Crippen molar-refractivity contribution in [3.8, 4) is 6.07 Å². The Morgan fingerprint density at radius 3 is 2.93 bits per heavy atom. The number of allylic oxidation sites excluding steroid dienone is 1. The van der Waals surface area contributed by atoms with Crippen LogP contribution in [0.1, 0.15) is 38.2 Å². The van der Waals surface area contributed by atoms with Crippen molar-refractivity contribution < 1.29 is 9.53 Å². The molecule has 7 heteroatoms. The number of ether oxygens (including phenoxy) is 1. The predicted molar refractivity (Wildman–Crippen MR) is 109 cm³/mol. The second-order valence-electron chi connectivity index (χ2n) is 8.51. The van der Waals surface area contributed by atoms with E-state index in [-0.39, 0.29) is 23.7 Å². The van der Waals surface area contributed by atoms with Crippen molar-refractivity contribution in [3.05, 3.63) is 47.6 Å². The molecular weight excluding hydrogens is 366 g/mol. The van der Waals surface area contributed by atoms with Crippen molar-refractivity contribution in [2.75, 3.05) is 19.8 Å². The van der Waals surface area contributed by atoms with Crippen molar-refractivity contribution in [3.63, 3.8) is 0 Å². The summed E-state index contributed by atoms with van der Waals surface area (Å²) in [6, 6.07) is 6.25. The first-order chi connectivity index (χ1) is 13.9. The molecule has 0 spiro atoms. The molecule has 7 nitrogen and oxygen atoms in total. The maximum absolute atomic E-state index is 13.2. The molecule has 150 valence electrons. The number of aliphatic imine (C=N–C) groups is 1. The molecular formula is C22H25N5O2. The maximum atomic E-state index is 13.2. The van der Waals surface area contributed by atoms with Gasteiger partial charge in [-0.05, 0) is 29.5 Å². The number of Topliss-reactive ketones (excluding diaryl/α,β-unsaturated/α-hetero) is 1. The van der Waals surface area contributed by atoms with Crippen LogP contribution in [0.3, 0.4) is 0 Å².